The highest BCUT2D eigenvalue weighted by atomic mass is 16.2. The Labute approximate surface area is 45.8 Å². The molecule has 0 fully saturated rings. The van der Waals surface area contributed by atoms with Gasteiger partial charge in [0.05, 0.1) is 0 Å². The molecule has 8 heavy (non-hydrogen) atoms. The summed E-state index contributed by atoms with van der Waals surface area (Å²) < 4.78 is 0. The Morgan fingerprint density at radius 1 is 1.12 bits per heavy atom. The highest BCUT2D eigenvalue weighted by Crippen LogP contribution is 1.51. The van der Waals surface area contributed by atoms with Crippen LogP contribution in [0.2, 0.25) is 0 Å². The van der Waals surface area contributed by atoms with E-state index in [1.54, 1.807) is 5.32 Å². The number of hydrogen-bond acceptors (Lipinski definition) is 3. The molecule has 0 bridgehead atoms. The second kappa shape index (κ2) is 3.88. The lowest BCUT2D eigenvalue weighted by molar-refractivity contribution is 0.236. The van der Waals surface area contributed by atoms with Crippen LogP contribution in [0.3, 0.4) is 0 Å². The number of imide groups is 1. The van der Waals surface area contributed by atoms with Crippen LogP contribution < -0.4 is 22.9 Å². The lowest BCUT2D eigenvalue weighted by Crippen LogP contribution is -2.38. The van der Waals surface area contributed by atoms with Gasteiger partial charge in [0.2, 0.25) is 0 Å². The van der Waals surface area contributed by atoms with E-state index in [0.717, 1.165) is 0 Å². The summed E-state index contributed by atoms with van der Waals surface area (Å²) in [5, 5.41) is 1.58. The highest BCUT2D eigenvalue weighted by molar-refractivity contribution is 5.91. The predicted octanol–water partition coefficient (Wildman–Crippen LogP) is -1.10. The smallest absolute Gasteiger partial charge is 0.320 e. The Balaban J connectivity index is 0. The first kappa shape index (κ1) is 9.85. The molecule has 0 aromatic heterocycles. The van der Waals surface area contributed by atoms with Gasteiger partial charge in [-0.15, -0.1) is 0 Å². The highest BCUT2D eigenvalue weighted by Gasteiger charge is 1.92. The minimum Gasteiger partial charge on any atom is -0.351 e. The molecule has 6 heteroatoms. The number of nitrogens with two attached hydrogens (primary N) is 2. The van der Waals surface area contributed by atoms with E-state index in [-0.39, 0.29) is 6.15 Å². The summed E-state index contributed by atoms with van der Waals surface area (Å²) in [5.41, 5.74) is 8.88. The summed E-state index contributed by atoms with van der Waals surface area (Å²) in [7, 11) is 0. The van der Waals surface area contributed by atoms with Gasteiger partial charge >= 0.3 is 12.1 Å². The van der Waals surface area contributed by atoms with Gasteiger partial charge in [-0.25, -0.2) is 9.59 Å². The van der Waals surface area contributed by atoms with Gasteiger partial charge in [-0.05, 0) is 0 Å². The van der Waals surface area contributed by atoms with Crippen LogP contribution in [0.1, 0.15) is 0 Å². The molecule has 48 valence electrons. The molecule has 0 aliphatic heterocycles. The van der Waals surface area contributed by atoms with Crippen molar-refractivity contribution in [2.45, 2.75) is 0 Å². The van der Waals surface area contributed by atoms with Crippen molar-refractivity contribution in [1.82, 2.24) is 11.5 Å². The standard InChI is InChI=1S/C2H5N3O2.H3N/c3-1(6)5-2(4)7;/h(H5,3,4,5,6,7);1H3. The summed E-state index contributed by atoms with van der Waals surface area (Å²) >= 11 is 0. The van der Waals surface area contributed by atoms with Crippen molar-refractivity contribution in [1.29, 1.82) is 0 Å². The number of hydrogen-bond donors (Lipinski definition) is 4. The number of amides is 4. The van der Waals surface area contributed by atoms with Gasteiger partial charge in [0.25, 0.3) is 0 Å². The molecule has 0 rings (SSSR count). The van der Waals surface area contributed by atoms with E-state index in [9.17, 15) is 9.59 Å². The molecule has 0 saturated carbocycles. The van der Waals surface area contributed by atoms with E-state index < -0.39 is 12.1 Å². The van der Waals surface area contributed by atoms with Crippen LogP contribution in [0.25, 0.3) is 0 Å². The van der Waals surface area contributed by atoms with E-state index in [4.69, 9.17) is 0 Å². The molecule has 0 aromatic rings. The molecule has 0 aliphatic rings. The molecule has 4 amide bonds. The number of carbonyl (C=O) groups is 2. The van der Waals surface area contributed by atoms with Gasteiger partial charge in [0.15, 0.2) is 0 Å². The quantitative estimate of drug-likeness (QED) is 0.323. The third-order valence-electron chi connectivity index (χ3n) is 0.246. The van der Waals surface area contributed by atoms with Crippen molar-refractivity contribution in [3.8, 4) is 0 Å². The summed E-state index contributed by atoms with van der Waals surface area (Å²) in [5.74, 6) is 0. The minimum absolute atomic E-state index is 0. The predicted molar refractivity (Wildman–Crippen MR) is 27.3 cm³/mol. The molecule has 0 saturated heterocycles. The van der Waals surface area contributed by atoms with Crippen LogP contribution in [0, 0.1) is 0 Å². The SMILES string of the molecule is N.NC(=O)NC(N)=O. The molecule has 0 radical (unpaired) electrons. The third-order valence-corrected chi connectivity index (χ3v) is 0.246. The van der Waals surface area contributed by atoms with Gasteiger partial charge in [-0.3, -0.25) is 5.32 Å². The van der Waals surface area contributed by atoms with Crippen molar-refractivity contribution in [3.05, 3.63) is 0 Å². The molecule has 6 nitrogen and oxygen atoms in total. The Kier molecular flexibility index (Phi) is 4.77. The van der Waals surface area contributed by atoms with Gasteiger partial charge < -0.3 is 17.6 Å². The minimum atomic E-state index is -0.938. The molecule has 0 atom stereocenters. The van der Waals surface area contributed by atoms with Crippen molar-refractivity contribution >= 4 is 12.1 Å². The Bertz CT molecular complexity index is 88.2. The summed E-state index contributed by atoms with van der Waals surface area (Å²) in [4.78, 5) is 19.2. The average Bonchev–Trinajstić information content (AvgIpc) is 1.27. The third kappa shape index (κ3) is 8.83. The number of carbonyl (C=O) groups excluding carboxylic acids is 2. The summed E-state index contributed by atoms with van der Waals surface area (Å²) in [6.45, 7) is 0. The summed E-state index contributed by atoms with van der Waals surface area (Å²) in [6.07, 6.45) is 0. The fourth-order valence-corrected chi connectivity index (χ4v) is 0.121. The maximum atomic E-state index is 9.62. The van der Waals surface area contributed by atoms with Crippen molar-refractivity contribution < 1.29 is 9.59 Å². The van der Waals surface area contributed by atoms with Crippen LogP contribution in [0.5, 0.6) is 0 Å². The van der Waals surface area contributed by atoms with Crippen LogP contribution in [0.4, 0.5) is 9.59 Å². The molecule has 0 aromatic carbocycles. The van der Waals surface area contributed by atoms with Crippen LogP contribution >= 0.6 is 0 Å². The number of primary amides is 2. The molecule has 0 heterocycles. The van der Waals surface area contributed by atoms with E-state index in [0.29, 0.717) is 0 Å². The number of rotatable bonds is 0. The largest absolute Gasteiger partial charge is 0.351 e. The molecular formula is C2H8N4O2. The van der Waals surface area contributed by atoms with Gasteiger partial charge in [-0.2, -0.15) is 0 Å². The average molecular weight is 120 g/mol. The zero-order valence-corrected chi connectivity index (χ0v) is 4.18. The topological polar surface area (TPSA) is 133 Å². The first-order chi connectivity index (χ1) is 3.13. The van der Waals surface area contributed by atoms with Crippen molar-refractivity contribution in [3.63, 3.8) is 0 Å². The zero-order valence-electron chi connectivity index (χ0n) is 4.18. The maximum absolute atomic E-state index is 9.62. The molecule has 0 aliphatic carbocycles. The molecule has 0 spiro atoms. The van der Waals surface area contributed by atoms with Crippen LogP contribution in [-0.4, -0.2) is 12.1 Å². The van der Waals surface area contributed by atoms with E-state index >= 15 is 0 Å². The Hall–Kier alpha value is -1.30. The maximum Gasteiger partial charge on any atom is 0.320 e. The summed E-state index contributed by atoms with van der Waals surface area (Å²) in [6, 6.07) is -1.88. The Morgan fingerprint density at radius 2 is 1.38 bits per heavy atom. The molecular weight excluding hydrogens is 112 g/mol. The second-order valence-corrected chi connectivity index (χ2v) is 0.854. The number of urea groups is 2. The van der Waals surface area contributed by atoms with Gasteiger partial charge in [0, 0.05) is 0 Å². The first-order valence-electron chi connectivity index (χ1n) is 1.49. The van der Waals surface area contributed by atoms with Crippen LogP contribution in [0.15, 0.2) is 0 Å². The van der Waals surface area contributed by atoms with Crippen LogP contribution in [-0.2, 0) is 0 Å². The lowest BCUT2D eigenvalue weighted by Gasteiger charge is -1.88. The fourth-order valence-electron chi connectivity index (χ4n) is 0.121. The van der Waals surface area contributed by atoms with Crippen molar-refractivity contribution in [2.75, 3.05) is 0 Å². The lowest BCUT2D eigenvalue weighted by atomic mass is 10.9. The Morgan fingerprint density at radius 3 is 1.38 bits per heavy atom. The molecule has 8 N–H and O–H groups in total. The van der Waals surface area contributed by atoms with Gasteiger partial charge in [0.1, 0.15) is 0 Å². The normalized spacial score (nSPS) is 6.50. The monoisotopic (exact) mass is 120 g/mol. The fraction of sp³-hybridized carbons (Fsp3) is 0. The van der Waals surface area contributed by atoms with E-state index in [1.807, 2.05) is 0 Å². The van der Waals surface area contributed by atoms with E-state index in [2.05, 4.69) is 11.5 Å². The number of nitrogens with one attached hydrogen (secondary N) is 1. The van der Waals surface area contributed by atoms with Crippen molar-refractivity contribution in [2.24, 2.45) is 11.5 Å². The molecule has 0 unspecified atom stereocenters. The zero-order chi connectivity index (χ0) is 5.86. The first-order valence-corrected chi connectivity index (χ1v) is 1.49. The van der Waals surface area contributed by atoms with Gasteiger partial charge in [-0.1, -0.05) is 0 Å². The van der Waals surface area contributed by atoms with E-state index in [1.165, 1.54) is 0 Å². The second-order valence-electron chi connectivity index (χ2n) is 0.854.